The van der Waals surface area contributed by atoms with E-state index in [-0.39, 0.29) is 17.0 Å². The molecule has 0 bridgehead atoms. The van der Waals surface area contributed by atoms with Crippen LogP contribution in [0.5, 0.6) is 0 Å². The topological polar surface area (TPSA) is 66.0 Å². The summed E-state index contributed by atoms with van der Waals surface area (Å²) in [5, 5.41) is 2.86. The van der Waals surface area contributed by atoms with Crippen LogP contribution in [0, 0.1) is 5.82 Å². The van der Waals surface area contributed by atoms with Gasteiger partial charge >= 0.3 is 0 Å². The van der Waals surface area contributed by atoms with Crippen LogP contribution in [0.3, 0.4) is 0 Å². The Morgan fingerprint density at radius 1 is 1.32 bits per heavy atom. The number of pyridine rings is 1. The van der Waals surface area contributed by atoms with Crippen LogP contribution in [0.1, 0.15) is 18.2 Å². The fourth-order valence-corrected chi connectivity index (χ4v) is 2.53. The fraction of sp³-hybridized carbons (Fsp3) is 0.200. The van der Waals surface area contributed by atoms with Crippen LogP contribution < -0.4 is 16.2 Å². The number of nitrogens with one attached hydrogen (secondary N) is 3. The molecule has 2 heterocycles. The monoisotopic (exact) mass is 320 g/mol. The second kappa shape index (κ2) is 6.39. The van der Waals surface area contributed by atoms with E-state index in [1.54, 1.807) is 6.20 Å². The summed E-state index contributed by atoms with van der Waals surface area (Å²) in [7, 11) is 0. The first-order chi connectivity index (χ1) is 10.6. The van der Waals surface area contributed by atoms with E-state index in [9.17, 15) is 9.18 Å². The Morgan fingerprint density at radius 3 is 2.91 bits per heavy atom. The molecule has 1 saturated heterocycles. The Morgan fingerprint density at radius 2 is 2.18 bits per heavy atom. The first-order valence-corrected chi connectivity index (χ1v) is 7.19. The van der Waals surface area contributed by atoms with Crippen molar-refractivity contribution in [3.8, 4) is 0 Å². The number of amides is 1. The highest BCUT2D eigenvalue weighted by atomic mass is 35.5. The number of hydrogen-bond acceptors (Lipinski definition) is 4. The number of aromatic nitrogens is 1. The lowest BCUT2D eigenvalue weighted by atomic mass is 10.1. The molecule has 1 fully saturated rings. The SMILES string of the molecule is O=C(Nc1ccc(F)cc1Cl)C1CC(c2ccccn2)NN1. The van der Waals surface area contributed by atoms with Gasteiger partial charge in [-0.3, -0.25) is 9.78 Å². The zero-order valence-electron chi connectivity index (χ0n) is 11.5. The summed E-state index contributed by atoms with van der Waals surface area (Å²) < 4.78 is 13.0. The third kappa shape index (κ3) is 3.24. The summed E-state index contributed by atoms with van der Waals surface area (Å²) >= 11 is 5.90. The first kappa shape index (κ1) is 14.9. The molecule has 2 aromatic rings. The molecule has 0 aliphatic carbocycles. The summed E-state index contributed by atoms with van der Waals surface area (Å²) in [4.78, 5) is 16.5. The van der Waals surface area contributed by atoms with Crippen LogP contribution in [-0.4, -0.2) is 16.9 Å². The molecule has 2 unspecified atom stereocenters. The number of anilines is 1. The van der Waals surface area contributed by atoms with E-state index < -0.39 is 11.9 Å². The van der Waals surface area contributed by atoms with Gasteiger partial charge in [0.05, 0.1) is 22.4 Å². The zero-order chi connectivity index (χ0) is 15.5. The molecule has 3 N–H and O–H groups in total. The molecule has 1 aromatic carbocycles. The van der Waals surface area contributed by atoms with Crippen molar-refractivity contribution in [2.45, 2.75) is 18.5 Å². The lowest BCUT2D eigenvalue weighted by Gasteiger charge is -2.11. The maximum Gasteiger partial charge on any atom is 0.242 e. The van der Waals surface area contributed by atoms with Gasteiger partial charge in [0.25, 0.3) is 0 Å². The third-order valence-electron chi connectivity index (χ3n) is 3.45. The summed E-state index contributed by atoms with van der Waals surface area (Å²) in [6.07, 6.45) is 2.27. The average Bonchev–Trinajstić information content (AvgIpc) is 3.01. The van der Waals surface area contributed by atoms with Crippen LogP contribution in [0.4, 0.5) is 10.1 Å². The van der Waals surface area contributed by atoms with Crippen LogP contribution >= 0.6 is 11.6 Å². The zero-order valence-corrected chi connectivity index (χ0v) is 12.3. The van der Waals surface area contributed by atoms with Gasteiger partial charge in [-0.1, -0.05) is 17.7 Å². The van der Waals surface area contributed by atoms with Crippen molar-refractivity contribution in [2.75, 3.05) is 5.32 Å². The van der Waals surface area contributed by atoms with E-state index in [4.69, 9.17) is 11.6 Å². The molecule has 1 amide bonds. The van der Waals surface area contributed by atoms with Crippen molar-refractivity contribution in [3.63, 3.8) is 0 Å². The summed E-state index contributed by atoms with van der Waals surface area (Å²) in [5.41, 5.74) is 7.24. The van der Waals surface area contributed by atoms with Gasteiger partial charge in [-0.25, -0.2) is 15.2 Å². The lowest BCUT2D eigenvalue weighted by Crippen LogP contribution is -2.39. The number of benzene rings is 1. The van der Waals surface area contributed by atoms with Gasteiger partial charge < -0.3 is 5.32 Å². The molecule has 1 aliphatic rings. The highest BCUT2D eigenvalue weighted by Crippen LogP contribution is 2.24. The number of halogens is 2. The van der Waals surface area contributed by atoms with E-state index in [0.29, 0.717) is 12.1 Å². The van der Waals surface area contributed by atoms with Gasteiger partial charge in [0.15, 0.2) is 0 Å². The highest BCUT2D eigenvalue weighted by Gasteiger charge is 2.30. The minimum atomic E-state index is -0.445. The highest BCUT2D eigenvalue weighted by molar-refractivity contribution is 6.33. The summed E-state index contributed by atoms with van der Waals surface area (Å²) in [5.74, 6) is -0.682. The maximum absolute atomic E-state index is 13.0. The van der Waals surface area contributed by atoms with E-state index >= 15 is 0 Å². The molecule has 0 saturated carbocycles. The van der Waals surface area contributed by atoms with E-state index in [0.717, 1.165) is 11.8 Å². The quantitative estimate of drug-likeness (QED) is 0.812. The molecule has 0 spiro atoms. The fourth-order valence-electron chi connectivity index (χ4n) is 2.31. The molecule has 22 heavy (non-hydrogen) atoms. The van der Waals surface area contributed by atoms with Gasteiger partial charge in [0.1, 0.15) is 11.9 Å². The smallest absolute Gasteiger partial charge is 0.242 e. The second-order valence-electron chi connectivity index (χ2n) is 5.00. The Hall–Kier alpha value is -2.02. The van der Waals surface area contributed by atoms with E-state index in [1.807, 2.05) is 18.2 Å². The summed E-state index contributed by atoms with van der Waals surface area (Å²) in [6.45, 7) is 0. The van der Waals surface area contributed by atoms with Crippen molar-refractivity contribution in [1.29, 1.82) is 0 Å². The van der Waals surface area contributed by atoms with Gasteiger partial charge in [-0.15, -0.1) is 0 Å². The third-order valence-corrected chi connectivity index (χ3v) is 3.77. The van der Waals surface area contributed by atoms with Crippen molar-refractivity contribution in [2.24, 2.45) is 0 Å². The van der Waals surface area contributed by atoms with E-state index in [1.165, 1.54) is 12.1 Å². The van der Waals surface area contributed by atoms with Gasteiger partial charge in [-0.05, 0) is 36.8 Å². The Balaban J connectivity index is 1.64. The van der Waals surface area contributed by atoms with Crippen molar-refractivity contribution < 1.29 is 9.18 Å². The van der Waals surface area contributed by atoms with Gasteiger partial charge in [0, 0.05) is 6.20 Å². The average molecular weight is 321 g/mol. The number of rotatable bonds is 3. The molecular formula is C15H14ClFN4O. The number of hydrogen-bond donors (Lipinski definition) is 3. The van der Waals surface area contributed by atoms with Crippen LogP contribution in [0.15, 0.2) is 42.6 Å². The predicted molar refractivity (Wildman–Crippen MR) is 81.7 cm³/mol. The van der Waals surface area contributed by atoms with E-state index in [2.05, 4.69) is 21.2 Å². The second-order valence-corrected chi connectivity index (χ2v) is 5.40. The van der Waals surface area contributed by atoms with Gasteiger partial charge in [0.2, 0.25) is 5.91 Å². The van der Waals surface area contributed by atoms with Crippen LogP contribution in [-0.2, 0) is 4.79 Å². The summed E-state index contributed by atoms with van der Waals surface area (Å²) in [6, 6.07) is 9.02. The minimum absolute atomic E-state index is 0.0411. The molecule has 3 rings (SSSR count). The molecule has 0 radical (unpaired) electrons. The number of hydrazine groups is 1. The molecule has 5 nitrogen and oxygen atoms in total. The first-order valence-electron chi connectivity index (χ1n) is 6.81. The Labute approximate surface area is 131 Å². The molecule has 1 aromatic heterocycles. The standard InChI is InChI=1S/C15H14ClFN4O/c16-10-7-9(17)4-5-11(10)19-15(22)14-8-13(20-21-14)12-3-1-2-6-18-12/h1-7,13-14,20-21H,8H2,(H,19,22). The predicted octanol–water partition coefficient (Wildman–Crippen LogP) is 2.42. The Kier molecular flexibility index (Phi) is 4.33. The number of carbonyl (C=O) groups is 1. The van der Waals surface area contributed by atoms with Crippen LogP contribution in [0.2, 0.25) is 5.02 Å². The maximum atomic E-state index is 13.0. The largest absolute Gasteiger partial charge is 0.323 e. The van der Waals surface area contributed by atoms with Crippen molar-refractivity contribution in [3.05, 3.63) is 59.1 Å². The lowest BCUT2D eigenvalue weighted by molar-refractivity contribution is -0.117. The normalized spacial score (nSPS) is 20.8. The molecule has 7 heteroatoms. The molecule has 114 valence electrons. The molecular weight excluding hydrogens is 307 g/mol. The minimum Gasteiger partial charge on any atom is -0.323 e. The molecule has 1 aliphatic heterocycles. The molecule has 2 atom stereocenters. The van der Waals surface area contributed by atoms with Crippen LogP contribution in [0.25, 0.3) is 0 Å². The van der Waals surface area contributed by atoms with Crippen molar-refractivity contribution >= 4 is 23.2 Å². The number of nitrogens with zero attached hydrogens (tertiary/aromatic N) is 1. The van der Waals surface area contributed by atoms with Crippen molar-refractivity contribution in [1.82, 2.24) is 15.8 Å². The Bertz CT molecular complexity index is 682. The van der Waals surface area contributed by atoms with Gasteiger partial charge in [-0.2, -0.15) is 0 Å². The number of carbonyl (C=O) groups excluding carboxylic acids is 1.